The Labute approximate surface area is 339 Å². The van der Waals surface area contributed by atoms with Crippen LogP contribution in [0.5, 0.6) is 0 Å². The van der Waals surface area contributed by atoms with Crippen molar-refractivity contribution in [3.63, 3.8) is 0 Å². The van der Waals surface area contributed by atoms with Crippen molar-refractivity contribution in [3.05, 3.63) is 34.9 Å². The molecular weight excluding hydrogens is 743 g/mol. The van der Waals surface area contributed by atoms with Gasteiger partial charge in [0.25, 0.3) is 0 Å². The molecule has 4 saturated carbocycles. The van der Waals surface area contributed by atoms with Crippen LogP contribution in [-0.2, 0) is 38.8 Å². The van der Waals surface area contributed by atoms with E-state index in [4.69, 9.17) is 0 Å². The number of Topliss-reactive ketones (excluding diaryl/α,β-unsaturated/α-hetero) is 3. The van der Waals surface area contributed by atoms with Crippen molar-refractivity contribution in [2.75, 3.05) is 6.54 Å². The van der Waals surface area contributed by atoms with Crippen molar-refractivity contribution < 1.29 is 37.2 Å². The number of fused-ring (bicyclic) bond motifs is 1. The second-order valence-corrected chi connectivity index (χ2v) is 23.2. The summed E-state index contributed by atoms with van der Waals surface area (Å²) in [6, 6.07) is -1.81. The van der Waals surface area contributed by atoms with Gasteiger partial charge in [0.15, 0.2) is 17.3 Å². The van der Waals surface area contributed by atoms with Gasteiger partial charge >= 0.3 is 0 Å². The Balaban J connectivity index is 1.29. The fourth-order valence-corrected chi connectivity index (χ4v) is 12.7. The van der Waals surface area contributed by atoms with Crippen LogP contribution in [0, 0.1) is 44.3 Å². The first kappa shape index (κ1) is 43.2. The highest BCUT2D eigenvalue weighted by atomic mass is 32.2. The van der Waals surface area contributed by atoms with E-state index in [1.54, 1.807) is 11.0 Å². The van der Waals surface area contributed by atoms with E-state index in [1.807, 2.05) is 55.4 Å². The molecule has 0 bridgehead atoms. The molecule has 6 aliphatic rings. The maximum Gasteiger partial charge on any atom is 0.248 e. The van der Waals surface area contributed by atoms with Crippen molar-refractivity contribution >= 4 is 45.1 Å². The van der Waals surface area contributed by atoms with E-state index in [9.17, 15) is 32.4 Å². The van der Waals surface area contributed by atoms with E-state index in [1.165, 1.54) is 6.92 Å². The van der Waals surface area contributed by atoms with Crippen LogP contribution in [0.2, 0.25) is 0 Å². The predicted octanol–water partition coefficient (Wildman–Crippen LogP) is 6.32. The fourth-order valence-electron chi connectivity index (χ4n) is 11.3. The molecule has 0 unspecified atom stereocenters. The monoisotopic (exact) mass is 807 g/mol. The van der Waals surface area contributed by atoms with E-state index in [0.717, 1.165) is 30.4 Å². The molecule has 5 fully saturated rings. The maximum atomic E-state index is 15.2. The lowest BCUT2D eigenvalue weighted by atomic mass is 9.73. The van der Waals surface area contributed by atoms with Gasteiger partial charge in [-0.3, -0.25) is 33.5 Å². The minimum absolute atomic E-state index is 0.00191. The third kappa shape index (κ3) is 6.91. The number of ketones is 3. The van der Waals surface area contributed by atoms with Gasteiger partial charge in [-0.1, -0.05) is 73.5 Å². The Hall–Kier alpha value is -3.41. The number of nitrogens with one attached hydrogen (secondary N) is 2. The molecule has 314 valence electrons. The summed E-state index contributed by atoms with van der Waals surface area (Å²) in [5.74, 6) is -3.47. The van der Waals surface area contributed by atoms with Gasteiger partial charge in [-0.2, -0.15) is 0 Å². The molecule has 12 heteroatoms. The summed E-state index contributed by atoms with van der Waals surface area (Å²) in [4.78, 5) is 86.3. The number of carbonyl (C=O) groups is 6. The van der Waals surface area contributed by atoms with Crippen LogP contribution in [0.15, 0.2) is 34.9 Å². The van der Waals surface area contributed by atoms with Gasteiger partial charge in [-0.05, 0) is 98.9 Å². The van der Waals surface area contributed by atoms with Crippen LogP contribution in [0.4, 0.5) is 0 Å². The molecule has 5 aliphatic carbocycles. The topological polar surface area (TPSA) is 164 Å². The summed E-state index contributed by atoms with van der Waals surface area (Å²) in [6.45, 7) is 25.1. The molecule has 2 spiro atoms. The van der Waals surface area contributed by atoms with E-state index in [-0.39, 0.29) is 58.3 Å². The van der Waals surface area contributed by atoms with Crippen molar-refractivity contribution in [1.29, 1.82) is 0 Å². The van der Waals surface area contributed by atoms with Gasteiger partial charge in [-0.25, -0.2) is 8.42 Å². The molecule has 57 heavy (non-hydrogen) atoms. The highest BCUT2D eigenvalue weighted by molar-refractivity contribution is 7.90. The van der Waals surface area contributed by atoms with Gasteiger partial charge in [-0.15, -0.1) is 6.58 Å². The molecule has 11 nitrogen and oxygen atoms in total. The number of hydrogen-bond donors (Lipinski definition) is 2. The van der Waals surface area contributed by atoms with E-state index >= 15 is 4.79 Å². The minimum atomic E-state index is -3.84. The van der Waals surface area contributed by atoms with Gasteiger partial charge in [0.2, 0.25) is 27.7 Å². The lowest BCUT2D eigenvalue weighted by Crippen LogP contribution is -2.52. The molecule has 0 aromatic rings. The lowest BCUT2D eigenvalue weighted by Gasteiger charge is -2.37. The Morgan fingerprint density at radius 1 is 0.947 bits per heavy atom. The van der Waals surface area contributed by atoms with Gasteiger partial charge in [0, 0.05) is 41.9 Å². The number of carbonyl (C=O) groups excluding carboxylic acids is 6. The van der Waals surface area contributed by atoms with Crippen LogP contribution >= 0.6 is 0 Å². The summed E-state index contributed by atoms with van der Waals surface area (Å²) < 4.78 is 27.9. The third-order valence-electron chi connectivity index (χ3n) is 15.6. The normalized spacial score (nSPS) is 29.8. The molecule has 0 radical (unpaired) electrons. The van der Waals surface area contributed by atoms with Crippen molar-refractivity contribution in [2.24, 2.45) is 44.3 Å². The Bertz CT molecular complexity index is 2000. The summed E-state index contributed by atoms with van der Waals surface area (Å²) >= 11 is 0. The second kappa shape index (κ2) is 13.8. The summed E-state index contributed by atoms with van der Waals surface area (Å²) in [5, 5.41) is 2.37. The van der Waals surface area contributed by atoms with Crippen LogP contribution in [-0.4, -0.2) is 72.3 Å². The molecular formula is C45H65N3O8S. The molecule has 2 N–H and O–H groups in total. The molecule has 6 atom stereocenters. The molecule has 0 aromatic carbocycles. The molecule has 1 aliphatic heterocycles. The fraction of sp³-hybridized carbons (Fsp3) is 0.733. The number of rotatable bonds is 14. The van der Waals surface area contributed by atoms with E-state index in [0.29, 0.717) is 49.8 Å². The molecule has 1 saturated heterocycles. The Kier molecular flexibility index (Phi) is 10.5. The van der Waals surface area contributed by atoms with E-state index in [2.05, 4.69) is 30.5 Å². The zero-order valence-electron chi connectivity index (χ0n) is 36.1. The number of nitrogens with zero attached hydrogens (tertiary/aromatic N) is 1. The van der Waals surface area contributed by atoms with Gasteiger partial charge in [0.1, 0.15) is 0 Å². The molecule has 1 heterocycles. The first-order valence-electron chi connectivity index (χ1n) is 20.9. The van der Waals surface area contributed by atoms with Crippen molar-refractivity contribution in [2.45, 2.75) is 158 Å². The van der Waals surface area contributed by atoms with Gasteiger partial charge < -0.3 is 10.2 Å². The largest absolute Gasteiger partial charge is 0.342 e. The zero-order valence-corrected chi connectivity index (χ0v) is 36.9. The highest BCUT2D eigenvalue weighted by Gasteiger charge is 2.85. The average Bonchev–Trinajstić information content (AvgIpc) is 4.00. The number of sulfonamides is 1. The quantitative estimate of drug-likeness (QED) is 0.193. The molecule has 3 amide bonds. The van der Waals surface area contributed by atoms with Crippen molar-refractivity contribution in [1.82, 2.24) is 14.9 Å². The van der Waals surface area contributed by atoms with E-state index < -0.39 is 61.3 Å². The number of hydrogen-bond acceptors (Lipinski definition) is 8. The number of amides is 3. The van der Waals surface area contributed by atoms with Crippen molar-refractivity contribution in [3.8, 4) is 0 Å². The second-order valence-electron chi connectivity index (χ2n) is 21.2. The minimum Gasteiger partial charge on any atom is -0.342 e. The standard InChI is InChI=1S/C45H65N3O8S/c1-13-28-21-43(28,39(54)47-57(55,56)29-15-16-29)23-34(51)32-22-45(42(11,12)44(45)17-14-18-44)24-48(32)38(53)31(40(5,6)7)20-33(50)36(41(8,9)10)46-37(52)30-19-25(2)26(3)35(30)27(4)49/h13,28-29,31-32,36H,1,14-24H2,2-12H3,(H,46,52)(H,47,54)/t28-,31-,32+,36-,43-,45-/m1/s1. The van der Waals surface area contributed by atoms with Crippen LogP contribution in [0.1, 0.15) is 140 Å². The number of allylic oxidation sites excluding steroid dienone is 4. The molecule has 6 rings (SSSR count). The predicted molar refractivity (Wildman–Crippen MR) is 218 cm³/mol. The lowest BCUT2D eigenvalue weighted by molar-refractivity contribution is -0.147. The van der Waals surface area contributed by atoms with Gasteiger partial charge in [0.05, 0.1) is 22.7 Å². The maximum absolute atomic E-state index is 15.2. The summed E-state index contributed by atoms with van der Waals surface area (Å²) in [7, 11) is -3.84. The Morgan fingerprint density at radius 3 is 2.02 bits per heavy atom. The van der Waals surface area contributed by atoms with Crippen LogP contribution in [0.25, 0.3) is 0 Å². The van der Waals surface area contributed by atoms with Crippen LogP contribution in [0.3, 0.4) is 0 Å². The Morgan fingerprint density at radius 2 is 1.56 bits per heavy atom. The number of likely N-dealkylation sites (tertiary alicyclic amines) is 1. The highest BCUT2D eigenvalue weighted by Crippen LogP contribution is 2.88. The average molecular weight is 808 g/mol. The summed E-state index contributed by atoms with van der Waals surface area (Å²) in [5.41, 5.74) is -0.708. The first-order valence-corrected chi connectivity index (χ1v) is 22.4. The summed E-state index contributed by atoms with van der Waals surface area (Å²) in [6.07, 6.45) is 6.38. The smallest absolute Gasteiger partial charge is 0.248 e. The third-order valence-corrected chi connectivity index (χ3v) is 17.4. The zero-order chi connectivity index (χ0) is 42.6. The first-order chi connectivity index (χ1) is 26.1. The van der Waals surface area contributed by atoms with Crippen LogP contribution < -0.4 is 10.0 Å². The SMILES string of the molecule is C=C[C@@H]1C[C@]1(CC(=O)[C@@H]1C[C@@]2(CN1C(=O)[C@@H](CC(=O)[C@@H](NC(=O)C1=C(C(C)=O)C(C)=C(C)C1)C(C)(C)C)C(C)(C)C)C(C)(C)C21CCC1)C(=O)NS(=O)(=O)C1CC1. The molecule has 0 aromatic heterocycles.